The second kappa shape index (κ2) is 13.0. The molecule has 8 unspecified atom stereocenters. The molecule has 3 rings (SSSR count). The zero-order valence-electron chi connectivity index (χ0n) is 28.5. The minimum absolute atomic E-state index is 0.0911. The lowest BCUT2D eigenvalue weighted by molar-refractivity contribution is -0.188. The first-order chi connectivity index (χ1) is 19.6. The largest absolute Gasteiger partial charge is 0.461 e. The van der Waals surface area contributed by atoms with Crippen molar-refractivity contribution < 1.29 is 19.1 Å². The Labute approximate surface area is 256 Å². The van der Waals surface area contributed by atoms with Crippen LogP contribution in [-0.2, 0) is 25.5 Å². The van der Waals surface area contributed by atoms with Gasteiger partial charge in [0.05, 0.1) is 0 Å². The normalized spacial score (nSPS) is 38.4. The smallest absolute Gasteiger partial charge is 0.324 e. The predicted octanol–water partition coefficient (Wildman–Crippen LogP) is 7.38. The van der Waals surface area contributed by atoms with Gasteiger partial charge in [-0.1, -0.05) is 78.8 Å². The lowest BCUT2D eigenvalue weighted by atomic mass is 9.69. The van der Waals surface area contributed by atoms with Crippen LogP contribution in [0, 0.1) is 17.3 Å². The minimum Gasteiger partial charge on any atom is -0.461 e. The summed E-state index contributed by atoms with van der Waals surface area (Å²) in [6.45, 7) is 23.9. The standard InChI is InChI=1S/C36H60N2O4/c1-12-32(8)23-28(25(6)34(10,14-3)37-32)41-30(39)36(16-5,22-27-20-18-17-19-21-27)31(40)42-29-24-33(9,13-2)38-35(11,15-4)26(29)7/h17-21,25-26,28-29,37-38H,12-16,22-24H2,1-11H3. The average molecular weight is 585 g/mol. The highest BCUT2D eigenvalue weighted by atomic mass is 16.6. The summed E-state index contributed by atoms with van der Waals surface area (Å²) in [6.07, 6.45) is 5.08. The quantitative estimate of drug-likeness (QED) is 0.209. The van der Waals surface area contributed by atoms with Gasteiger partial charge in [0.25, 0.3) is 0 Å². The van der Waals surface area contributed by atoms with Crippen molar-refractivity contribution in [3.05, 3.63) is 35.9 Å². The molecular formula is C36H60N2O4. The molecule has 2 aliphatic rings. The van der Waals surface area contributed by atoms with Gasteiger partial charge in [0, 0.05) is 46.8 Å². The van der Waals surface area contributed by atoms with E-state index in [1.807, 2.05) is 37.3 Å². The van der Waals surface area contributed by atoms with E-state index in [4.69, 9.17) is 9.47 Å². The third-order valence-electron chi connectivity index (χ3n) is 11.9. The number of carbonyl (C=O) groups is 2. The number of rotatable bonds is 11. The van der Waals surface area contributed by atoms with Gasteiger partial charge in [-0.15, -0.1) is 0 Å². The Hall–Kier alpha value is -1.92. The summed E-state index contributed by atoms with van der Waals surface area (Å²) in [5.74, 6) is -0.720. The van der Waals surface area contributed by atoms with Crippen LogP contribution < -0.4 is 10.6 Å². The Morgan fingerprint density at radius 3 is 1.48 bits per heavy atom. The lowest BCUT2D eigenvalue weighted by Gasteiger charge is -2.53. The van der Waals surface area contributed by atoms with Crippen LogP contribution >= 0.6 is 0 Å². The highest BCUT2D eigenvalue weighted by Gasteiger charge is 2.55. The van der Waals surface area contributed by atoms with Gasteiger partial charge in [0.1, 0.15) is 12.2 Å². The van der Waals surface area contributed by atoms with Crippen LogP contribution in [0.3, 0.4) is 0 Å². The van der Waals surface area contributed by atoms with E-state index in [1.54, 1.807) is 0 Å². The summed E-state index contributed by atoms with van der Waals surface area (Å²) >= 11 is 0. The van der Waals surface area contributed by atoms with E-state index >= 15 is 0 Å². The fraction of sp³-hybridized carbons (Fsp3) is 0.778. The average Bonchev–Trinajstić information content (AvgIpc) is 2.97. The third-order valence-corrected chi connectivity index (χ3v) is 11.9. The van der Waals surface area contributed by atoms with Crippen LogP contribution in [-0.4, -0.2) is 46.3 Å². The molecule has 42 heavy (non-hydrogen) atoms. The first-order valence-corrected chi connectivity index (χ1v) is 16.6. The Morgan fingerprint density at radius 1 is 0.738 bits per heavy atom. The fourth-order valence-electron chi connectivity index (χ4n) is 7.43. The fourth-order valence-corrected chi connectivity index (χ4v) is 7.43. The van der Waals surface area contributed by atoms with Gasteiger partial charge in [-0.2, -0.15) is 0 Å². The van der Waals surface area contributed by atoms with Crippen LogP contribution in [0.5, 0.6) is 0 Å². The maximum Gasteiger partial charge on any atom is 0.324 e. The Kier molecular flexibility index (Phi) is 10.7. The molecule has 0 saturated carbocycles. The van der Waals surface area contributed by atoms with Gasteiger partial charge >= 0.3 is 11.9 Å². The summed E-state index contributed by atoms with van der Waals surface area (Å²) in [4.78, 5) is 29.0. The first-order valence-electron chi connectivity index (χ1n) is 16.6. The molecule has 2 fully saturated rings. The summed E-state index contributed by atoms with van der Waals surface area (Å²) in [7, 11) is 0. The topological polar surface area (TPSA) is 76.7 Å². The molecule has 0 aliphatic carbocycles. The molecule has 0 radical (unpaired) electrons. The minimum atomic E-state index is -1.42. The molecule has 0 aromatic heterocycles. The molecule has 2 heterocycles. The highest BCUT2D eigenvalue weighted by Crippen LogP contribution is 2.43. The van der Waals surface area contributed by atoms with E-state index in [9.17, 15) is 9.59 Å². The SMILES string of the molecule is CCC1(C)CC(OC(=O)C(CC)(Cc2ccccc2)C(=O)OC2CC(C)(CC)NC(C)(CC)C2C)C(C)C(C)(CC)N1. The van der Waals surface area contributed by atoms with E-state index in [-0.39, 0.29) is 52.6 Å². The van der Waals surface area contributed by atoms with Crippen molar-refractivity contribution in [2.45, 2.75) is 162 Å². The number of ether oxygens (including phenoxy) is 2. The number of nitrogens with one attached hydrogen (secondary N) is 2. The maximum absolute atomic E-state index is 14.5. The molecule has 8 atom stereocenters. The summed E-state index contributed by atoms with van der Waals surface area (Å²) in [6, 6.07) is 9.82. The third kappa shape index (κ3) is 6.75. The number of hydrogen-bond donors (Lipinski definition) is 2. The van der Waals surface area contributed by atoms with Crippen LogP contribution in [0.2, 0.25) is 0 Å². The second-order valence-electron chi connectivity index (χ2n) is 14.6. The van der Waals surface area contributed by atoms with Gasteiger partial charge in [0.2, 0.25) is 0 Å². The van der Waals surface area contributed by atoms with Crippen molar-refractivity contribution in [3.63, 3.8) is 0 Å². The highest BCUT2D eigenvalue weighted by molar-refractivity contribution is 6.00. The van der Waals surface area contributed by atoms with E-state index < -0.39 is 17.4 Å². The van der Waals surface area contributed by atoms with Crippen molar-refractivity contribution in [2.24, 2.45) is 17.3 Å². The molecule has 2 N–H and O–H groups in total. The molecule has 2 aliphatic heterocycles. The van der Waals surface area contributed by atoms with Crippen LogP contribution in [0.25, 0.3) is 0 Å². The molecule has 0 spiro atoms. The lowest BCUT2D eigenvalue weighted by Crippen LogP contribution is -2.67. The maximum atomic E-state index is 14.5. The zero-order chi connectivity index (χ0) is 31.6. The number of hydrogen-bond acceptors (Lipinski definition) is 6. The van der Waals surface area contributed by atoms with Gasteiger partial charge in [-0.3, -0.25) is 9.59 Å². The summed E-state index contributed by atoms with van der Waals surface area (Å²) in [5, 5.41) is 7.74. The second-order valence-corrected chi connectivity index (χ2v) is 14.6. The molecule has 238 valence electrons. The molecule has 6 heteroatoms. The van der Waals surface area contributed by atoms with Gasteiger partial charge in [-0.05, 0) is 71.8 Å². The molecular weight excluding hydrogens is 524 g/mol. The molecule has 0 bridgehead atoms. The van der Waals surface area contributed by atoms with E-state index in [0.29, 0.717) is 19.3 Å². The Morgan fingerprint density at radius 2 is 1.14 bits per heavy atom. The summed E-state index contributed by atoms with van der Waals surface area (Å²) < 4.78 is 13.0. The van der Waals surface area contributed by atoms with Crippen LogP contribution in [0.1, 0.15) is 127 Å². The molecule has 2 saturated heterocycles. The zero-order valence-corrected chi connectivity index (χ0v) is 28.5. The van der Waals surface area contributed by atoms with Crippen molar-refractivity contribution in [3.8, 4) is 0 Å². The molecule has 0 amide bonds. The Bertz CT molecular complexity index is 1020. The number of piperidine rings is 2. The van der Waals surface area contributed by atoms with Crippen molar-refractivity contribution in [2.75, 3.05) is 0 Å². The van der Waals surface area contributed by atoms with Gasteiger partial charge < -0.3 is 20.1 Å². The number of esters is 2. The van der Waals surface area contributed by atoms with Gasteiger partial charge in [-0.25, -0.2) is 0 Å². The monoisotopic (exact) mass is 584 g/mol. The van der Waals surface area contributed by atoms with E-state index in [2.05, 4.69) is 79.9 Å². The van der Waals surface area contributed by atoms with Crippen LogP contribution in [0.4, 0.5) is 0 Å². The van der Waals surface area contributed by atoms with E-state index in [1.165, 1.54) is 0 Å². The molecule has 1 aromatic carbocycles. The molecule has 6 nitrogen and oxygen atoms in total. The van der Waals surface area contributed by atoms with Crippen LogP contribution in [0.15, 0.2) is 30.3 Å². The van der Waals surface area contributed by atoms with Crippen molar-refractivity contribution in [1.82, 2.24) is 10.6 Å². The van der Waals surface area contributed by atoms with Gasteiger partial charge in [0.15, 0.2) is 5.41 Å². The number of carbonyl (C=O) groups excluding carboxylic acids is 2. The molecule has 1 aromatic rings. The van der Waals surface area contributed by atoms with Crippen molar-refractivity contribution >= 4 is 11.9 Å². The summed E-state index contributed by atoms with van der Waals surface area (Å²) in [5.41, 5.74) is -1.16. The van der Waals surface area contributed by atoms with Crippen molar-refractivity contribution in [1.29, 1.82) is 0 Å². The Balaban J connectivity index is 2.00. The predicted molar refractivity (Wildman–Crippen MR) is 171 cm³/mol. The number of benzene rings is 1. The van der Waals surface area contributed by atoms with E-state index in [0.717, 1.165) is 31.2 Å². The first kappa shape index (κ1) is 34.6.